The number of rotatable bonds is 5. The molecule has 96 valence electrons. The highest BCUT2D eigenvalue weighted by Gasteiger charge is 2.29. The number of hydrogen-bond acceptors (Lipinski definition) is 6. The standard InChI is InChI=1S/C10H12N4O3S/c1-6(15)9(10(16)17)14-8(11-12-13-14)5-7-3-2-4-18-7/h2-4,6,9,15H,5H2,1H3,(H,16,17). The minimum Gasteiger partial charge on any atom is -0.480 e. The second-order valence-corrected chi connectivity index (χ2v) is 4.85. The number of thiophene rings is 1. The normalized spacial score (nSPS) is 14.3. The van der Waals surface area contributed by atoms with Crippen LogP contribution in [0.1, 0.15) is 23.7 Å². The van der Waals surface area contributed by atoms with Crippen LogP contribution in [-0.2, 0) is 11.2 Å². The Bertz CT molecular complexity index is 523. The lowest BCUT2D eigenvalue weighted by atomic mass is 10.2. The van der Waals surface area contributed by atoms with Crippen molar-refractivity contribution >= 4 is 17.3 Å². The number of aromatic nitrogens is 4. The first-order chi connectivity index (χ1) is 8.59. The summed E-state index contributed by atoms with van der Waals surface area (Å²) < 4.78 is 1.16. The van der Waals surface area contributed by atoms with Gasteiger partial charge in [-0.05, 0) is 28.8 Å². The van der Waals surface area contributed by atoms with Crippen molar-refractivity contribution in [2.24, 2.45) is 0 Å². The van der Waals surface area contributed by atoms with Crippen molar-refractivity contribution in [1.29, 1.82) is 0 Å². The van der Waals surface area contributed by atoms with E-state index in [-0.39, 0.29) is 0 Å². The van der Waals surface area contributed by atoms with Crippen LogP contribution in [0.3, 0.4) is 0 Å². The van der Waals surface area contributed by atoms with Gasteiger partial charge in [0.25, 0.3) is 0 Å². The van der Waals surface area contributed by atoms with E-state index in [1.165, 1.54) is 18.3 Å². The van der Waals surface area contributed by atoms with Gasteiger partial charge in [0.15, 0.2) is 11.9 Å². The van der Waals surface area contributed by atoms with E-state index in [0.29, 0.717) is 12.2 Å². The first-order valence-electron chi connectivity index (χ1n) is 5.29. The molecule has 2 N–H and O–H groups in total. The largest absolute Gasteiger partial charge is 0.480 e. The number of aliphatic hydroxyl groups excluding tert-OH is 1. The summed E-state index contributed by atoms with van der Waals surface area (Å²) in [4.78, 5) is 12.1. The van der Waals surface area contributed by atoms with Gasteiger partial charge in [-0.3, -0.25) is 0 Å². The monoisotopic (exact) mass is 268 g/mol. The topological polar surface area (TPSA) is 101 Å². The Morgan fingerprint density at radius 2 is 2.39 bits per heavy atom. The van der Waals surface area contributed by atoms with Gasteiger partial charge in [-0.1, -0.05) is 6.07 Å². The van der Waals surface area contributed by atoms with E-state index in [1.807, 2.05) is 17.5 Å². The Morgan fingerprint density at radius 3 is 2.94 bits per heavy atom. The average Bonchev–Trinajstić information content (AvgIpc) is 2.91. The SMILES string of the molecule is CC(O)C(C(=O)O)n1nnnc1Cc1cccs1. The van der Waals surface area contributed by atoms with E-state index in [4.69, 9.17) is 5.11 Å². The Labute approximate surface area is 107 Å². The van der Waals surface area contributed by atoms with E-state index in [0.717, 1.165) is 9.56 Å². The first kappa shape index (κ1) is 12.7. The lowest BCUT2D eigenvalue weighted by Crippen LogP contribution is -2.31. The molecule has 0 saturated carbocycles. The number of tetrazole rings is 1. The van der Waals surface area contributed by atoms with Gasteiger partial charge in [-0.15, -0.1) is 16.4 Å². The zero-order valence-electron chi connectivity index (χ0n) is 9.59. The number of aliphatic carboxylic acids is 1. The van der Waals surface area contributed by atoms with Gasteiger partial charge < -0.3 is 10.2 Å². The fraction of sp³-hybridized carbons (Fsp3) is 0.400. The van der Waals surface area contributed by atoms with Crippen LogP contribution in [0.25, 0.3) is 0 Å². The molecular weight excluding hydrogens is 256 g/mol. The van der Waals surface area contributed by atoms with Gasteiger partial charge in [0.05, 0.1) is 6.10 Å². The fourth-order valence-electron chi connectivity index (χ4n) is 1.63. The Morgan fingerprint density at radius 1 is 1.61 bits per heavy atom. The van der Waals surface area contributed by atoms with Crippen molar-refractivity contribution in [3.05, 3.63) is 28.2 Å². The molecule has 2 rings (SSSR count). The fourth-order valence-corrected chi connectivity index (χ4v) is 2.33. The summed E-state index contributed by atoms with van der Waals surface area (Å²) in [6, 6.07) is 2.65. The molecule has 2 atom stereocenters. The third-order valence-corrected chi connectivity index (χ3v) is 3.32. The van der Waals surface area contributed by atoms with Crippen molar-refractivity contribution in [2.75, 3.05) is 0 Å². The van der Waals surface area contributed by atoms with Crippen LogP contribution >= 0.6 is 11.3 Å². The van der Waals surface area contributed by atoms with Crippen LogP contribution in [0.2, 0.25) is 0 Å². The quantitative estimate of drug-likeness (QED) is 0.810. The lowest BCUT2D eigenvalue weighted by Gasteiger charge is -2.16. The lowest BCUT2D eigenvalue weighted by molar-refractivity contribution is -0.144. The van der Waals surface area contributed by atoms with E-state index < -0.39 is 18.1 Å². The number of hydrogen-bond donors (Lipinski definition) is 2. The zero-order valence-corrected chi connectivity index (χ0v) is 10.4. The summed E-state index contributed by atoms with van der Waals surface area (Å²) >= 11 is 1.54. The minimum atomic E-state index is -1.17. The molecule has 0 radical (unpaired) electrons. The van der Waals surface area contributed by atoms with Crippen LogP contribution in [0.4, 0.5) is 0 Å². The molecule has 0 aromatic carbocycles. The number of carboxylic acids is 1. The van der Waals surface area contributed by atoms with Gasteiger partial charge >= 0.3 is 5.97 Å². The first-order valence-corrected chi connectivity index (χ1v) is 6.17. The predicted octanol–water partition coefficient (Wildman–Crippen LogP) is 0.332. The minimum absolute atomic E-state index is 0.422. The molecule has 2 aromatic rings. The molecule has 2 aromatic heterocycles. The van der Waals surface area contributed by atoms with Crippen LogP contribution in [0, 0.1) is 0 Å². The van der Waals surface area contributed by atoms with Gasteiger partial charge in [0, 0.05) is 11.3 Å². The second-order valence-electron chi connectivity index (χ2n) is 3.82. The molecule has 8 heteroatoms. The van der Waals surface area contributed by atoms with Gasteiger partial charge in [0.2, 0.25) is 0 Å². The van der Waals surface area contributed by atoms with Gasteiger partial charge in [-0.25, -0.2) is 9.48 Å². The summed E-state index contributed by atoms with van der Waals surface area (Å²) in [7, 11) is 0. The highest BCUT2D eigenvalue weighted by molar-refractivity contribution is 7.09. The van der Waals surface area contributed by atoms with Crippen molar-refractivity contribution in [2.45, 2.75) is 25.5 Å². The molecule has 0 amide bonds. The number of carbonyl (C=O) groups is 1. The highest BCUT2D eigenvalue weighted by Crippen LogP contribution is 2.17. The Balaban J connectivity index is 2.28. The number of aliphatic hydroxyl groups is 1. The molecule has 0 bridgehead atoms. The summed E-state index contributed by atoms with van der Waals surface area (Å²) in [5.41, 5.74) is 0. The summed E-state index contributed by atoms with van der Waals surface area (Å²) in [5, 5.41) is 31.5. The molecule has 7 nitrogen and oxygen atoms in total. The number of carboxylic acid groups (broad SMARTS) is 1. The third-order valence-electron chi connectivity index (χ3n) is 2.45. The molecule has 2 heterocycles. The van der Waals surface area contributed by atoms with E-state index in [1.54, 1.807) is 0 Å². The summed E-state index contributed by atoms with van der Waals surface area (Å²) in [5.74, 6) is -0.740. The van der Waals surface area contributed by atoms with Crippen molar-refractivity contribution < 1.29 is 15.0 Å². The Hall–Kier alpha value is -1.80. The Kier molecular flexibility index (Phi) is 3.68. The van der Waals surface area contributed by atoms with E-state index in [9.17, 15) is 9.90 Å². The molecule has 0 aliphatic heterocycles. The molecule has 0 saturated heterocycles. The van der Waals surface area contributed by atoms with Crippen LogP contribution in [-0.4, -0.2) is 42.5 Å². The summed E-state index contributed by atoms with van der Waals surface area (Å²) in [6.07, 6.45) is -0.630. The zero-order chi connectivity index (χ0) is 13.1. The maximum Gasteiger partial charge on any atom is 0.331 e. The van der Waals surface area contributed by atoms with E-state index >= 15 is 0 Å². The van der Waals surface area contributed by atoms with Crippen molar-refractivity contribution in [3.63, 3.8) is 0 Å². The molecule has 0 aliphatic carbocycles. The van der Waals surface area contributed by atoms with E-state index in [2.05, 4.69) is 15.5 Å². The highest BCUT2D eigenvalue weighted by atomic mass is 32.1. The van der Waals surface area contributed by atoms with Gasteiger partial charge in [0.1, 0.15) is 0 Å². The van der Waals surface area contributed by atoms with Crippen LogP contribution in [0.15, 0.2) is 17.5 Å². The maximum absolute atomic E-state index is 11.1. The average molecular weight is 268 g/mol. The smallest absolute Gasteiger partial charge is 0.331 e. The molecule has 0 fully saturated rings. The molecular formula is C10H12N4O3S. The second kappa shape index (κ2) is 5.23. The third kappa shape index (κ3) is 2.54. The summed E-state index contributed by atoms with van der Waals surface area (Å²) in [6.45, 7) is 1.40. The molecule has 18 heavy (non-hydrogen) atoms. The van der Waals surface area contributed by atoms with Crippen LogP contribution < -0.4 is 0 Å². The van der Waals surface area contributed by atoms with Crippen LogP contribution in [0.5, 0.6) is 0 Å². The van der Waals surface area contributed by atoms with Crippen molar-refractivity contribution in [1.82, 2.24) is 20.2 Å². The molecule has 0 aliphatic rings. The predicted molar refractivity (Wildman–Crippen MR) is 63.3 cm³/mol. The molecule has 0 spiro atoms. The van der Waals surface area contributed by atoms with Gasteiger partial charge in [-0.2, -0.15) is 0 Å². The maximum atomic E-state index is 11.1. The number of nitrogens with zero attached hydrogens (tertiary/aromatic N) is 4. The molecule has 2 unspecified atom stereocenters. The van der Waals surface area contributed by atoms with Crippen molar-refractivity contribution in [3.8, 4) is 0 Å².